The van der Waals surface area contributed by atoms with E-state index in [1.807, 2.05) is 103 Å². The molecule has 0 fully saturated rings. The lowest BCUT2D eigenvalue weighted by Gasteiger charge is -2.22. The minimum Gasteiger partial charge on any atom is -0.234 e. The van der Waals surface area contributed by atoms with Gasteiger partial charge in [0.25, 0.3) is 0 Å². The van der Waals surface area contributed by atoms with Crippen molar-refractivity contribution in [1.29, 1.82) is 0 Å². The van der Waals surface area contributed by atoms with E-state index in [0.29, 0.717) is 39.8 Å². The van der Waals surface area contributed by atoms with Gasteiger partial charge in [-0.2, -0.15) is 12.7 Å². The normalized spacial score (nSPS) is 17.4. The van der Waals surface area contributed by atoms with Gasteiger partial charge in [-0.05, 0) is 91.6 Å². The molecule has 0 radical (unpaired) electrons. The van der Waals surface area contributed by atoms with Crippen molar-refractivity contribution in [2.75, 3.05) is 0 Å². The molecule has 60 heavy (non-hydrogen) atoms. The molecule has 12 heteroatoms. The Morgan fingerprint density at radius 3 is 1.10 bits per heavy atom. The first-order valence-electron chi connectivity index (χ1n) is 19.4. The summed E-state index contributed by atoms with van der Waals surface area (Å²) >= 11 is 0. The first-order chi connectivity index (χ1) is 29.3. The van der Waals surface area contributed by atoms with Crippen LogP contribution in [0.3, 0.4) is 0 Å². The van der Waals surface area contributed by atoms with Gasteiger partial charge in [0.05, 0.1) is 0 Å². The van der Waals surface area contributed by atoms with E-state index in [-0.39, 0.29) is 23.3 Å². The van der Waals surface area contributed by atoms with E-state index >= 15 is 0 Å². The summed E-state index contributed by atoms with van der Waals surface area (Å²) in [6, 6.07) is 48.1. The van der Waals surface area contributed by atoms with E-state index < -0.39 is 16.4 Å². The van der Waals surface area contributed by atoms with Crippen LogP contribution in [-0.2, 0) is 10.2 Å². The third-order valence-corrected chi connectivity index (χ3v) is 12.6. The van der Waals surface area contributed by atoms with Crippen LogP contribution in [-0.4, -0.2) is 53.6 Å². The number of hydrogen-bond acceptors (Lipinski definition) is 9. The van der Waals surface area contributed by atoms with Crippen molar-refractivity contribution in [3.63, 3.8) is 0 Å². The molecule has 8 aromatic carbocycles. The van der Waals surface area contributed by atoms with Crippen LogP contribution in [0.1, 0.15) is 50.7 Å². The van der Waals surface area contributed by atoms with Crippen LogP contribution in [0.25, 0.3) is 43.1 Å². The molecule has 282 valence electrons. The topological polar surface area (TPSA) is 150 Å². The number of amidine groups is 7. The molecular weight excluding hydrogens is 767 g/mol. The zero-order valence-corrected chi connectivity index (χ0v) is 32.1. The van der Waals surface area contributed by atoms with Crippen LogP contribution in [0.15, 0.2) is 181 Å². The van der Waals surface area contributed by atoms with E-state index in [1.165, 1.54) is 0 Å². The fraction of sp³-hybridized carbons (Fsp3) is 0.0208. The molecule has 13 rings (SSSR count). The smallest absolute Gasteiger partial charge is 0.234 e. The zero-order valence-electron chi connectivity index (χ0n) is 31.3. The number of benzene rings is 8. The van der Waals surface area contributed by atoms with E-state index in [1.54, 1.807) is 0 Å². The van der Waals surface area contributed by atoms with E-state index in [0.717, 1.165) is 69.6 Å². The predicted octanol–water partition coefficient (Wildman–Crippen LogP) is 8.20. The maximum absolute atomic E-state index is 14.2. The Bertz CT molecular complexity index is 3710. The average molecular weight is 794 g/mol. The van der Waals surface area contributed by atoms with Crippen molar-refractivity contribution in [3.05, 3.63) is 190 Å². The lowest BCUT2D eigenvalue weighted by Crippen LogP contribution is -2.45. The Morgan fingerprint density at radius 2 is 0.683 bits per heavy atom. The number of rotatable bonds is 1. The summed E-state index contributed by atoms with van der Waals surface area (Å²) < 4.78 is 29.4. The van der Waals surface area contributed by atoms with Crippen LogP contribution in [0.2, 0.25) is 0 Å². The highest BCUT2D eigenvalue weighted by Crippen LogP contribution is 2.39. The molecule has 0 saturated carbocycles. The molecule has 0 aliphatic carbocycles. The summed E-state index contributed by atoms with van der Waals surface area (Å²) in [4.78, 5) is 36.0. The van der Waals surface area contributed by atoms with Crippen LogP contribution >= 0.6 is 0 Å². The SMILES string of the molecule is NS(=O)(=O)N1C2=NC(=NC3=NC(=NC4N=C(N=C5N=C1c1cc6ccccc6cc15)c1cc5ccccc5cc14)c1cc4ccccc4cc13)c1cc3ccccc3cc12. The molecule has 0 aromatic heterocycles. The highest BCUT2D eigenvalue weighted by Gasteiger charge is 2.40. The first-order valence-corrected chi connectivity index (χ1v) is 20.9. The maximum Gasteiger partial charge on any atom is 0.305 e. The highest BCUT2D eigenvalue weighted by molar-refractivity contribution is 7.88. The minimum absolute atomic E-state index is 0.0597. The van der Waals surface area contributed by atoms with Gasteiger partial charge in [0.2, 0.25) is 0 Å². The number of fused-ring (bicyclic) bond motifs is 20. The maximum atomic E-state index is 14.2. The Labute approximate surface area is 341 Å². The molecule has 5 aliphatic heterocycles. The van der Waals surface area contributed by atoms with Gasteiger partial charge in [-0.1, -0.05) is 97.1 Å². The van der Waals surface area contributed by atoms with E-state index in [2.05, 4.69) is 42.5 Å². The molecule has 0 amide bonds. The molecule has 5 heterocycles. The lowest BCUT2D eigenvalue weighted by molar-refractivity contribution is 0.573. The van der Waals surface area contributed by atoms with Crippen molar-refractivity contribution < 1.29 is 8.42 Å². The second kappa shape index (κ2) is 11.9. The summed E-state index contributed by atoms with van der Waals surface area (Å²) in [5, 5.41) is 14.0. The molecule has 2 N–H and O–H groups in total. The third-order valence-electron chi connectivity index (χ3n) is 11.7. The Balaban J connectivity index is 1.15. The van der Waals surface area contributed by atoms with Crippen LogP contribution in [0.5, 0.6) is 0 Å². The van der Waals surface area contributed by atoms with Gasteiger partial charge in [0.15, 0.2) is 47.0 Å². The molecular formula is C48H27N9O2S. The van der Waals surface area contributed by atoms with Crippen LogP contribution < -0.4 is 5.14 Å². The highest BCUT2D eigenvalue weighted by atomic mass is 32.2. The number of aliphatic imine (C=N–C) groups is 7. The predicted molar refractivity (Wildman–Crippen MR) is 239 cm³/mol. The van der Waals surface area contributed by atoms with Gasteiger partial charge in [-0.15, -0.1) is 0 Å². The molecule has 0 saturated heterocycles. The fourth-order valence-electron chi connectivity index (χ4n) is 8.92. The van der Waals surface area contributed by atoms with E-state index in [4.69, 9.17) is 40.1 Å². The zero-order chi connectivity index (χ0) is 39.9. The molecule has 8 aromatic rings. The molecule has 11 nitrogen and oxygen atoms in total. The largest absolute Gasteiger partial charge is 0.305 e. The second-order valence-electron chi connectivity index (χ2n) is 15.3. The van der Waals surface area contributed by atoms with Gasteiger partial charge < -0.3 is 0 Å². The summed E-state index contributed by atoms with van der Waals surface area (Å²) in [6.07, 6.45) is -0.702. The van der Waals surface area contributed by atoms with Crippen molar-refractivity contribution >= 4 is 94.1 Å². The van der Waals surface area contributed by atoms with Gasteiger partial charge in [-0.25, -0.2) is 40.1 Å². The number of hydrogen-bond donors (Lipinski definition) is 1. The quantitative estimate of drug-likeness (QED) is 0.178. The summed E-state index contributed by atoms with van der Waals surface area (Å²) in [5.74, 6) is 1.94. The minimum atomic E-state index is -4.59. The third kappa shape index (κ3) is 4.86. The van der Waals surface area contributed by atoms with Crippen molar-refractivity contribution in [3.8, 4) is 0 Å². The molecule has 1 atom stereocenters. The monoisotopic (exact) mass is 793 g/mol. The summed E-state index contributed by atoms with van der Waals surface area (Å²) in [7, 11) is -4.59. The molecule has 0 spiro atoms. The number of nitrogens with zero attached hydrogens (tertiary/aromatic N) is 8. The summed E-state index contributed by atoms with van der Waals surface area (Å²) in [6.45, 7) is 0. The summed E-state index contributed by atoms with van der Waals surface area (Å²) in [5.41, 5.74) is 5.51. The van der Waals surface area contributed by atoms with Crippen molar-refractivity contribution in [2.24, 2.45) is 40.1 Å². The molecule has 5 aliphatic rings. The van der Waals surface area contributed by atoms with Crippen molar-refractivity contribution in [2.45, 2.75) is 6.17 Å². The van der Waals surface area contributed by atoms with Crippen LogP contribution in [0, 0.1) is 0 Å². The van der Waals surface area contributed by atoms with Crippen molar-refractivity contribution in [1.82, 2.24) is 4.31 Å². The molecule has 8 bridgehead atoms. The van der Waals surface area contributed by atoms with Gasteiger partial charge in [0, 0.05) is 44.5 Å². The van der Waals surface area contributed by atoms with Gasteiger partial charge >= 0.3 is 10.2 Å². The Hall–Kier alpha value is -7.80. The Morgan fingerprint density at radius 1 is 0.383 bits per heavy atom. The van der Waals surface area contributed by atoms with Crippen LogP contribution in [0.4, 0.5) is 0 Å². The second-order valence-corrected chi connectivity index (χ2v) is 16.7. The Kier molecular flexibility index (Phi) is 6.58. The van der Waals surface area contributed by atoms with Gasteiger partial charge in [-0.3, -0.25) is 0 Å². The fourth-order valence-corrected chi connectivity index (χ4v) is 9.68. The molecule has 1 unspecified atom stereocenters. The van der Waals surface area contributed by atoms with Gasteiger partial charge in [0.1, 0.15) is 0 Å². The standard InChI is InChI=1S/C48H27N9O2S/c49-60(58,59)57-47-39-23-31-15-7-5-13-29(31)21-37(39)45(55-47)53-43-35-19-27-11-3-1-9-25(27)17-33(35)41(51-43)50-42-34-18-26-10-2-4-12-28(26)20-36(34)44(52-42)54-46-38-22-30-14-6-8-16-32(30)24-40(38)48(57)56-46/h1-24,41H,(H2,49,58,59). The number of nitrogens with two attached hydrogens (primary N) is 1. The lowest BCUT2D eigenvalue weighted by atomic mass is 9.99. The first kappa shape index (κ1) is 33.2. The van der Waals surface area contributed by atoms with E-state index in [9.17, 15) is 8.42 Å². The average Bonchev–Trinajstić information content (AvgIpc) is 3.98.